The number of aliphatic imine (C=N–C) groups is 1. The third-order valence-electron chi connectivity index (χ3n) is 4.18. The molecule has 1 aromatic heterocycles. The third kappa shape index (κ3) is 7.45. The molecule has 0 saturated carbocycles. The smallest absolute Gasteiger partial charge is 0.191 e. The Kier molecular flexibility index (Phi) is 11.0. The molecule has 1 atom stereocenters. The Bertz CT molecular complexity index is 502. The minimum atomic E-state index is 0. The van der Waals surface area contributed by atoms with Gasteiger partial charge in [0, 0.05) is 45.2 Å². The van der Waals surface area contributed by atoms with E-state index in [2.05, 4.69) is 51.1 Å². The molecule has 2 N–H and O–H groups in total. The predicted octanol–water partition coefficient (Wildman–Crippen LogP) is 0.734. The molecular formula is C16H32IN7O. The highest BCUT2D eigenvalue weighted by Crippen LogP contribution is 2.03. The van der Waals surface area contributed by atoms with Crippen LogP contribution in [0, 0.1) is 0 Å². The quantitative estimate of drug-likeness (QED) is 0.335. The molecule has 1 saturated heterocycles. The highest BCUT2D eigenvalue weighted by atomic mass is 127. The fourth-order valence-corrected chi connectivity index (χ4v) is 2.73. The van der Waals surface area contributed by atoms with Crippen molar-refractivity contribution in [3.05, 3.63) is 12.2 Å². The molecule has 0 radical (unpaired) electrons. The number of hydrogen-bond acceptors (Lipinski definition) is 5. The highest BCUT2D eigenvalue weighted by Gasteiger charge is 2.16. The van der Waals surface area contributed by atoms with Crippen LogP contribution in [0.15, 0.2) is 11.3 Å². The summed E-state index contributed by atoms with van der Waals surface area (Å²) in [5.74, 6) is 1.88. The van der Waals surface area contributed by atoms with Gasteiger partial charge in [-0.2, -0.15) is 0 Å². The summed E-state index contributed by atoms with van der Waals surface area (Å²) in [7, 11) is 0. The van der Waals surface area contributed by atoms with Gasteiger partial charge in [0.05, 0.1) is 19.8 Å². The van der Waals surface area contributed by atoms with Crippen LogP contribution in [-0.4, -0.2) is 77.6 Å². The zero-order valence-corrected chi connectivity index (χ0v) is 17.9. The second-order valence-corrected chi connectivity index (χ2v) is 5.94. The van der Waals surface area contributed by atoms with Crippen molar-refractivity contribution in [2.45, 2.75) is 39.8 Å². The standard InChI is InChI=1S/C16H31N7O.HI/c1-4-15-21-20-13-23(15)7-6-18-16(17-5-2)19-12-14(3)22-8-10-24-11-9-22;/h13-14H,4-12H2,1-3H3,(H2,17,18,19);1H. The van der Waals surface area contributed by atoms with E-state index in [1.807, 2.05) is 0 Å². The van der Waals surface area contributed by atoms with E-state index >= 15 is 0 Å². The number of rotatable bonds is 8. The van der Waals surface area contributed by atoms with E-state index in [9.17, 15) is 0 Å². The van der Waals surface area contributed by atoms with Crippen molar-refractivity contribution in [3.63, 3.8) is 0 Å². The van der Waals surface area contributed by atoms with Crippen molar-refractivity contribution in [1.29, 1.82) is 0 Å². The summed E-state index contributed by atoms with van der Waals surface area (Å²) in [4.78, 5) is 7.15. The van der Waals surface area contributed by atoms with Gasteiger partial charge in [-0.15, -0.1) is 34.2 Å². The average Bonchev–Trinajstić information content (AvgIpc) is 3.07. The van der Waals surface area contributed by atoms with Gasteiger partial charge in [0.25, 0.3) is 0 Å². The molecule has 0 aliphatic carbocycles. The molecule has 2 heterocycles. The molecular weight excluding hydrogens is 433 g/mol. The molecule has 144 valence electrons. The topological polar surface area (TPSA) is 79.6 Å². The van der Waals surface area contributed by atoms with E-state index in [-0.39, 0.29) is 24.0 Å². The Morgan fingerprint density at radius 1 is 1.32 bits per heavy atom. The van der Waals surface area contributed by atoms with Gasteiger partial charge in [-0.3, -0.25) is 9.89 Å². The summed E-state index contributed by atoms with van der Waals surface area (Å²) in [6, 6.07) is 0.425. The van der Waals surface area contributed by atoms with Crippen molar-refractivity contribution >= 4 is 29.9 Å². The monoisotopic (exact) mass is 465 g/mol. The maximum Gasteiger partial charge on any atom is 0.191 e. The van der Waals surface area contributed by atoms with Crippen LogP contribution >= 0.6 is 24.0 Å². The SMILES string of the molecule is CCNC(=NCC(C)N1CCOCC1)NCCn1cnnc1CC.I. The van der Waals surface area contributed by atoms with Gasteiger partial charge in [-0.25, -0.2) is 0 Å². The largest absolute Gasteiger partial charge is 0.379 e. The molecule has 2 rings (SSSR count). The van der Waals surface area contributed by atoms with E-state index in [4.69, 9.17) is 9.73 Å². The van der Waals surface area contributed by atoms with E-state index in [0.29, 0.717) is 6.04 Å². The van der Waals surface area contributed by atoms with Gasteiger partial charge < -0.3 is 19.9 Å². The molecule has 1 aromatic rings. The molecule has 0 bridgehead atoms. The van der Waals surface area contributed by atoms with Crippen molar-refractivity contribution in [2.75, 3.05) is 45.9 Å². The van der Waals surface area contributed by atoms with Crippen molar-refractivity contribution in [1.82, 2.24) is 30.3 Å². The van der Waals surface area contributed by atoms with Gasteiger partial charge >= 0.3 is 0 Å². The number of guanidine groups is 1. The number of ether oxygens (including phenoxy) is 1. The predicted molar refractivity (Wildman–Crippen MR) is 111 cm³/mol. The van der Waals surface area contributed by atoms with Gasteiger partial charge in [0.1, 0.15) is 12.2 Å². The first-order chi connectivity index (χ1) is 11.7. The van der Waals surface area contributed by atoms with E-state index in [1.165, 1.54) is 0 Å². The lowest BCUT2D eigenvalue weighted by Crippen LogP contribution is -2.44. The molecule has 1 aliphatic heterocycles. The van der Waals surface area contributed by atoms with Crippen LogP contribution in [0.2, 0.25) is 0 Å². The van der Waals surface area contributed by atoms with Crippen LogP contribution in [0.3, 0.4) is 0 Å². The van der Waals surface area contributed by atoms with E-state index in [0.717, 1.165) is 70.7 Å². The second kappa shape index (κ2) is 12.4. The van der Waals surface area contributed by atoms with E-state index < -0.39 is 0 Å². The molecule has 1 unspecified atom stereocenters. The first-order valence-corrected chi connectivity index (χ1v) is 8.95. The maximum atomic E-state index is 5.41. The first-order valence-electron chi connectivity index (χ1n) is 8.95. The first kappa shape index (κ1) is 22.1. The zero-order valence-electron chi connectivity index (χ0n) is 15.6. The lowest BCUT2D eigenvalue weighted by Gasteiger charge is -2.31. The fraction of sp³-hybridized carbons (Fsp3) is 0.812. The number of aryl methyl sites for hydroxylation is 1. The number of morpholine rings is 1. The lowest BCUT2D eigenvalue weighted by molar-refractivity contribution is 0.0220. The zero-order chi connectivity index (χ0) is 17.2. The summed E-state index contributed by atoms with van der Waals surface area (Å²) in [6.07, 6.45) is 2.68. The number of hydrogen-bond donors (Lipinski definition) is 2. The van der Waals surface area contributed by atoms with Crippen LogP contribution in [0.4, 0.5) is 0 Å². The van der Waals surface area contributed by atoms with Crippen LogP contribution in [0.5, 0.6) is 0 Å². The second-order valence-electron chi connectivity index (χ2n) is 5.94. The van der Waals surface area contributed by atoms with Crippen molar-refractivity contribution < 1.29 is 4.74 Å². The Morgan fingerprint density at radius 3 is 2.76 bits per heavy atom. The Hall–Kier alpha value is -0.940. The Balaban J connectivity index is 0.00000312. The highest BCUT2D eigenvalue weighted by molar-refractivity contribution is 14.0. The van der Waals surface area contributed by atoms with Gasteiger partial charge in [-0.1, -0.05) is 6.92 Å². The fourth-order valence-electron chi connectivity index (χ4n) is 2.73. The number of aromatic nitrogens is 3. The van der Waals surface area contributed by atoms with Gasteiger partial charge in [0.2, 0.25) is 0 Å². The molecule has 0 amide bonds. The Morgan fingerprint density at radius 2 is 2.08 bits per heavy atom. The molecule has 0 spiro atoms. The third-order valence-corrected chi connectivity index (χ3v) is 4.18. The van der Waals surface area contributed by atoms with Crippen LogP contribution in [0.25, 0.3) is 0 Å². The molecule has 25 heavy (non-hydrogen) atoms. The minimum absolute atomic E-state index is 0. The lowest BCUT2D eigenvalue weighted by atomic mass is 10.2. The van der Waals surface area contributed by atoms with E-state index in [1.54, 1.807) is 6.33 Å². The summed E-state index contributed by atoms with van der Waals surface area (Å²) in [5.41, 5.74) is 0. The summed E-state index contributed by atoms with van der Waals surface area (Å²) < 4.78 is 7.48. The molecule has 8 nitrogen and oxygen atoms in total. The average molecular weight is 465 g/mol. The summed E-state index contributed by atoms with van der Waals surface area (Å²) in [5, 5.41) is 14.8. The van der Waals surface area contributed by atoms with Crippen molar-refractivity contribution in [2.24, 2.45) is 4.99 Å². The molecule has 1 aliphatic rings. The van der Waals surface area contributed by atoms with Crippen LogP contribution in [-0.2, 0) is 17.7 Å². The van der Waals surface area contributed by atoms with Crippen molar-refractivity contribution in [3.8, 4) is 0 Å². The normalized spacial score (nSPS) is 17.0. The summed E-state index contributed by atoms with van der Waals surface area (Å²) in [6.45, 7) is 13.3. The van der Waals surface area contributed by atoms with Gasteiger partial charge in [0.15, 0.2) is 5.96 Å². The van der Waals surface area contributed by atoms with Crippen LogP contribution in [0.1, 0.15) is 26.6 Å². The number of halogens is 1. The minimum Gasteiger partial charge on any atom is -0.379 e. The maximum absolute atomic E-state index is 5.41. The van der Waals surface area contributed by atoms with Crippen LogP contribution < -0.4 is 10.6 Å². The molecule has 1 fully saturated rings. The number of nitrogens with one attached hydrogen (secondary N) is 2. The molecule has 9 heteroatoms. The van der Waals surface area contributed by atoms with Gasteiger partial charge in [-0.05, 0) is 13.8 Å². The Labute approximate surface area is 167 Å². The summed E-state index contributed by atoms with van der Waals surface area (Å²) >= 11 is 0. The molecule has 0 aromatic carbocycles. The number of nitrogens with zero attached hydrogens (tertiary/aromatic N) is 5.